The summed E-state index contributed by atoms with van der Waals surface area (Å²) in [5.74, 6) is -0.0708. The zero-order valence-electron chi connectivity index (χ0n) is 18.7. The first-order valence-corrected chi connectivity index (χ1v) is 13.5. The minimum Gasteiger partial charge on any atom is -0.760 e. The standard InChI is InChI=1S/C25H22N4O3S3/c1-28-20-9-5-6-10-21(20)33-24(28)22-23(30)29(16-18-7-3-2-4-8-18)25(34-22)27-19-13-11-17(12-14-19)15-26-35(31)32/h2-14,26H,15-16H2,1H3,(H,31,32)/p-1. The van der Waals surface area contributed by atoms with Gasteiger partial charge in [0.2, 0.25) is 0 Å². The molecule has 0 aliphatic carbocycles. The van der Waals surface area contributed by atoms with Gasteiger partial charge in [0.15, 0.2) is 5.17 Å². The number of amidine groups is 1. The molecule has 178 valence electrons. The van der Waals surface area contributed by atoms with Crippen molar-refractivity contribution in [1.82, 2.24) is 9.62 Å². The Morgan fingerprint density at radius 3 is 2.37 bits per heavy atom. The quantitative estimate of drug-likeness (QED) is 0.372. The van der Waals surface area contributed by atoms with Gasteiger partial charge in [-0.3, -0.25) is 13.9 Å². The largest absolute Gasteiger partial charge is 0.760 e. The summed E-state index contributed by atoms with van der Waals surface area (Å²) >= 11 is 0.664. The second-order valence-electron chi connectivity index (χ2n) is 7.86. The highest BCUT2D eigenvalue weighted by Crippen LogP contribution is 2.50. The van der Waals surface area contributed by atoms with Crippen LogP contribution < -0.4 is 9.62 Å². The number of carbonyl (C=O) groups is 1. The summed E-state index contributed by atoms with van der Waals surface area (Å²) in [5, 5.41) is 1.51. The molecule has 1 N–H and O–H groups in total. The number of aliphatic imine (C=N–C) groups is 1. The van der Waals surface area contributed by atoms with E-state index in [-0.39, 0.29) is 12.5 Å². The lowest BCUT2D eigenvalue weighted by molar-refractivity contribution is -0.122. The highest BCUT2D eigenvalue weighted by Gasteiger charge is 2.39. The predicted molar refractivity (Wildman–Crippen MR) is 142 cm³/mol. The lowest BCUT2D eigenvalue weighted by Crippen LogP contribution is -2.29. The van der Waals surface area contributed by atoms with E-state index in [0.717, 1.165) is 26.7 Å². The molecular weight excluding hydrogens is 501 g/mol. The maximum absolute atomic E-state index is 13.7. The molecule has 2 aliphatic rings. The fourth-order valence-corrected chi connectivity index (χ4v) is 6.39. The van der Waals surface area contributed by atoms with Gasteiger partial charge in [0.1, 0.15) is 4.91 Å². The molecule has 2 aliphatic heterocycles. The molecule has 10 heteroatoms. The van der Waals surface area contributed by atoms with Crippen LogP contribution in [0.5, 0.6) is 0 Å². The maximum atomic E-state index is 13.7. The van der Waals surface area contributed by atoms with Gasteiger partial charge in [0.05, 0.1) is 22.9 Å². The summed E-state index contributed by atoms with van der Waals surface area (Å²) in [6.45, 7) is 0.627. The number of nitrogens with zero attached hydrogens (tertiary/aromatic N) is 3. The summed E-state index contributed by atoms with van der Waals surface area (Å²) in [6.07, 6.45) is 0. The van der Waals surface area contributed by atoms with Crippen molar-refractivity contribution in [2.45, 2.75) is 18.0 Å². The van der Waals surface area contributed by atoms with Crippen LogP contribution in [0.1, 0.15) is 11.1 Å². The zero-order chi connectivity index (χ0) is 24.4. The van der Waals surface area contributed by atoms with Crippen LogP contribution in [-0.2, 0) is 29.2 Å². The Hall–Kier alpha value is -2.89. The number of thioether (sulfide) groups is 2. The van der Waals surface area contributed by atoms with E-state index in [9.17, 15) is 13.6 Å². The number of hydrogen-bond acceptors (Lipinski definition) is 7. The molecule has 2 heterocycles. The van der Waals surface area contributed by atoms with Gasteiger partial charge in [-0.1, -0.05) is 66.4 Å². The molecule has 1 atom stereocenters. The van der Waals surface area contributed by atoms with Crippen LogP contribution in [0.25, 0.3) is 0 Å². The van der Waals surface area contributed by atoms with Crippen LogP contribution in [0.4, 0.5) is 11.4 Å². The molecule has 1 amide bonds. The van der Waals surface area contributed by atoms with E-state index in [1.54, 1.807) is 16.7 Å². The molecular formula is C25H21N4O3S3-. The second kappa shape index (κ2) is 10.4. The summed E-state index contributed by atoms with van der Waals surface area (Å²) in [4.78, 5) is 24.0. The molecule has 35 heavy (non-hydrogen) atoms. The second-order valence-corrected chi connectivity index (χ2v) is 10.6. The van der Waals surface area contributed by atoms with Crippen LogP contribution in [0, 0.1) is 0 Å². The van der Waals surface area contributed by atoms with Crippen LogP contribution >= 0.6 is 23.5 Å². The van der Waals surface area contributed by atoms with E-state index < -0.39 is 11.3 Å². The monoisotopic (exact) mass is 521 g/mol. The number of rotatable bonds is 6. The summed E-state index contributed by atoms with van der Waals surface area (Å²) < 4.78 is 23.8. The van der Waals surface area contributed by atoms with Gasteiger partial charge in [0.25, 0.3) is 5.91 Å². The molecule has 0 bridgehead atoms. The van der Waals surface area contributed by atoms with Gasteiger partial charge >= 0.3 is 0 Å². The number of amides is 1. The van der Waals surface area contributed by atoms with Crippen molar-refractivity contribution in [2.75, 3.05) is 11.9 Å². The van der Waals surface area contributed by atoms with Gasteiger partial charge in [-0.25, -0.2) is 9.71 Å². The normalized spacial score (nSPS) is 19.5. The molecule has 7 nitrogen and oxygen atoms in total. The minimum absolute atomic E-state index is 0.0708. The van der Waals surface area contributed by atoms with Crippen molar-refractivity contribution >= 4 is 57.2 Å². The molecule has 1 fully saturated rings. The Morgan fingerprint density at radius 1 is 0.943 bits per heavy atom. The summed E-state index contributed by atoms with van der Waals surface area (Å²) in [6, 6.07) is 25.2. The highest BCUT2D eigenvalue weighted by molar-refractivity contribution is 8.19. The molecule has 0 radical (unpaired) electrons. The SMILES string of the molecule is CN1C(=C2SC(=Nc3ccc(CNS(=O)[O-])cc3)N(Cc3ccccc3)C2=O)Sc2ccccc21. The van der Waals surface area contributed by atoms with Crippen molar-refractivity contribution in [1.29, 1.82) is 0 Å². The average molecular weight is 522 g/mol. The van der Waals surface area contributed by atoms with Gasteiger partial charge in [-0.05, 0) is 47.2 Å². The summed E-state index contributed by atoms with van der Waals surface area (Å²) in [7, 11) is 1.98. The van der Waals surface area contributed by atoms with Crippen LogP contribution in [0.2, 0.25) is 0 Å². The number of hydrogen-bond donors (Lipinski definition) is 1. The van der Waals surface area contributed by atoms with E-state index in [0.29, 0.717) is 22.3 Å². The number of anilines is 1. The smallest absolute Gasteiger partial charge is 0.269 e. The van der Waals surface area contributed by atoms with E-state index in [1.165, 1.54) is 11.8 Å². The Bertz CT molecular complexity index is 1340. The number of carbonyl (C=O) groups excluding carboxylic acids is 1. The van der Waals surface area contributed by atoms with E-state index in [2.05, 4.69) is 21.8 Å². The molecule has 0 spiro atoms. The molecule has 3 aromatic carbocycles. The van der Waals surface area contributed by atoms with Gasteiger partial charge in [-0.2, -0.15) is 0 Å². The van der Waals surface area contributed by atoms with Crippen LogP contribution in [0.3, 0.4) is 0 Å². The maximum Gasteiger partial charge on any atom is 0.269 e. The van der Waals surface area contributed by atoms with Crippen molar-refractivity contribution in [3.63, 3.8) is 0 Å². The van der Waals surface area contributed by atoms with Crippen LogP contribution in [-0.4, -0.2) is 31.8 Å². The van der Waals surface area contributed by atoms with Gasteiger partial charge < -0.3 is 9.45 Å². The number of fused-ring (bicyclic) bond motifs is 1. The van der Waals surface area contributed by atoms with Crippen molar-refractivity contribution in [3.05, 3.63) is 99.9 Å². The van der Waals surface area contributed by atoms with Crippen molar-refractivity contribution < 1.29 is 13.6 Å². The lowest BCUT2D eigenvalue weighted by atomic mass is 10.2. The molecule has 1 unspecified atom stereocenters. The highest BCUT2D eigenvalue weighted by atomic mass is 32.2. The number of nitrogens with one attached hydrogen (secondary N) is 1. The number of para-hydroxylation sites is 1. The molecule has 1 saturated heterocycles. The van der Waals surface area contributed by atoms with Crippen molar-refractivity contribution in [2.24, 2.45) is 4.99 Å². The Kier molecular flexibility index (Phi) is 7.07. The fourth-order valence-electron chi connectivity index (χ4n) is 3.77. The third kappa shape index (κ3) is 5.21. The first kappa shape index (κ1) is 23.8. The topological polar surface area (TPSA) is 88.1 Å². The Labute approximate surface area is 214 Å². The molecule has 3 aromatic rings. The van der Waals surface area contributed by atoms with E-state index >= 15 is 0 Å². The Morgan fingerprint density at radius 2 is 1.66 bits per heavy atom. The minimum atomic E-state index is -2.31. The average Bonchev–Trinajstić information content (AvgIpc) is 3.36. The lowest BCUT2D eigenvalue weighted by Gasteiger charge is -2.17. The third-order valence-electron chi connectivity index (χ3n) is 5.53. The fraction of sp³-hybridized carbons (Fsp3) is 0.120. The van der Waals surface area contributed by atoms with Crippen molar-refractivity contribution in [3.8, 4) is 0 Å². The Balaban J connectivity index is 1.47. The third-order valence-corrected chi connectivity index (χ3v) is 8.35. The summed E-state index contributed by atoms with van der Waals surface area (Å²) in [5.41, 5.74) is 3.60. The predicted octanol–water partition coefficient (Wildman–Crippen LogP) is 4.74. The zero-order valence-corrected chi connectivity index (χ0v) is 21.2. The molecule has 0 aromatic heterocycles. The van der Waals surface area contributed by atoms with E-state index in [1.807, 2.05) is 73.8 Å². The molecule has 5 rings (SSSR count). The van der Waals surface area contributed by atoms with Gasteiger partial charge in [0, 0.05) is 29.8 Å². The van der Waals surface area contributed by atoms with Crippen LogP contribution in [0.15, 0.2) is 98.7 Å². The first-order chi connectivity index (χ1) is 17.0. The molecule has 0 saturated carbocycles. The van der Waals surface area contributed by atoms with Gasteiger partial charge in [-0.15, -0.1) is 0 Å². The first-order valence-electron chi connectivity index (χ1n) is 10.8. The van der Waals surface area contributed by atoms with E-state index in [4.69, 9.17) is 4.99 Å². The number of benzene rings is 3.